The highest BCUT2D eigenvalue weighted by atomic mass is 16.5. The Morgan fingerprint density at radius 2 is 2.41 bits per heavy atom. The minimum Gasteiger partial charge on any atom is -0.383 e. The predicted octanol–water partition coefficient (Wildman–Crippen LogP) is -0.302. The molecule has 1 heterocycles. The van der Waals surface area contributed by atoms with Crippen LogP contribution in [0, 0.1) is 0 Å². The van der Waals surface area contributed by atoms with Gasteiger partial charge in [-0.2, -0.15) is 4.98 Å². The summed E-state index contributed by atoms with van der Waals surface area (Å²) in [5, 5.41) is 9.48. The van der Waals surface area contributed by atoms with E-state index in [0.29, 0.717) is 31.6 Å². The fourth-order valence-electron chi connectivity index (χ4n) is 1.27. The zero-order chi connectivity index (χ0) is 12.1. The first kappa shape index (κ1) is 12.0. The van der Waals surface area contributed by atoms with Gasteiger partial charge in [-0.15, -0.1) is 0 Å². The summed E-state index contributed by atoms with van der Waals surface area (Å²) in [7, 11) is 1.63. The normalized spacial score (nSPS) is 14.9. The molecule has 1 aromatic heterocycles. The molecule has 0 bridgehead atoms. The molecule has 1 aromatic rings. The van der Waals surface area contributed by atoms with Crippen molar-refractivity contribution in [3.05, 3.63) is 11.7 Å². The Kier molecular flexibility index (Phi) is 4.05. The number of nitrogens with one attached hydrogen (secondary N) is 2. The highest BCUT2D eigenvalue weighted by Crippen LogP contribution is 2.18. The summed E-state index contributed by atoms with van der Waals surface area (Å²) >= 11 is 0. The van der Waals surface area contributed by atoms with E-state index >= 15 is 0 Å². The molecule has 1 aliphatic carbocycles. The Hall–Kier alpha value is -1.47. The van der Waals surface area contributed by atoms with Crippen molar-refractivity contribution in [1.29, 1.82) is 0 Å². The van der Waals surface area contributed by atoms with Crippen LogP contribution in [0.3, 0.4) is 0 Å². The highest BCUT2D eigenvalue weighted by molar-refractivity contribution is 5.90. The van der Waals surface area contributed by atoms with E-state index in [0.717, 1.165) is 12.8 Å². The number of carbonyl (C=O) groups is 1. The number of aromatic nitrogens is 2. The second-order valence-electron chi connectivity index (χ2n) is 3.93. The van der Waals surface area contributed by atoms with E-state index in [1.54, 1.807) is 7.11 Å². The van der Waals surface area contributed by atoms with Crippen LogP contribution in [-0.2, 0) is 11.3 Å². The third-order valence-corrected chi connectivity index (χ3v) is 2.34. The molecule has 0 atom stereocenters. The standard InChI is InChI=1S/C10H16N4O3/c1-16-5-4-11-6-8-13-9(14-17-8)10(15)12-7-2-3-7/h7,11H,2-6H2,1H3,(H,12,15). The lowest BCUT2D eigenvalue weighted by atomic mass is 10.5. The summed E-state index contributed by atoms with van der Waals surface area (Å²) < 4.78 is 9.82. The maximum Gasteiger partial charge on any atom is 0.292 e. The van der Waals surface area contributed by atoms with Gasteiger partial charge >= 0.3 is 0 Å². The Balaban J connectivity index is 1.76. The first-order valence-corrected chi connectivity index (χ1v) is 5.62. The van der Waals surface area contributed by atoms with Gasteiger partial charge in [0, 0.05) is 19.7 Å². The molecule has 7 nitrogen and oxygen atoms in total. The van der Waals surface area contributed by atoms with Gasteiger partial charge in [-0.3, -0.25) is 4.79 Å². The number of amides is 1. The average Bonchev–Trinajstić information content (AvgIpc) is 3.00. The first-order chi connectivity index (χ1) is 8.29. The van der Waals surface area contributed by atoms with Crippen molar-refractivity contribution in [1.82, 2.24) is 20.8 Å². The van der Waals surface area contributed by atoms with Crippen LogP contribution in [0.15, 0.2) is 4.52 Å². The van der Waals surface area contributed by atoms with E-state index in [2.05, 4.69) is 20.8 Å². The van der Waals surface area contributed by atoms with Crippen molar-refractivity contribution in [2.45, 2.75) is 25.4 Å². The maximum absolute atomic E-state index is 11.5. The Bertz CT molecular complexity index is 375. The molecule has 0 saturated heterocycles. The fourth-order valence-corrected chi connectivity index (χ4v) is 1.27. The van der Waals surface area contributed by atoms with Gasteiger partial charge in [0.25, 0.3) is 11.7 Å². The van der Waals surface area contributed by atoms with Gasteiger partial charge in [0.15, 0.2) is 0 Å². The number of nitrogens with zero attached hydrogens (tertiary/aromatic N) is 2. The second-order valence-corrected chi connectivity index (χ2v) is 3.93. The average molecular weight is 240 g/mol. The molecule has 2 N–H and O–H groups in total. The van der Waals surface area contributed by atoms with Gasteiger partial charge in [0.05, 0.1) is 13.2 Å². The van der Waals surface area contributed by atoms with Gasteiger partial charge in [-0.25, -0.2) is 0 Å². The third-order valence-electron chi connectivity index (χ3n) is 2.34. The molecule has 94 valence electrons. The van der Waals surface area contributed by atoms with Crippen molar-refractivity contribution >= 4 is 5.91 Å². The van der Waals surface area contributed by atoms with Crippen LogP contribution in [0.5, 0.6) is 0 Å². The van der Waals surface area contributed by atoms with E-state index < -0.39 is 0 Å². The summed E-state index contributed by atoms with van der Waals surface area (Å²) in [4.78, 5) is 15.5. The molecular formula is C10H16N4O3. The second kappa shape index (κ2) is 5.74. The van der Waals surface area contributed by atoms with E-state index in [1.165, 1.54) is 0 Å². The van der Waals surface area contributed by atoms with Gasteiger partial charge in [0.1, 0.15) is 0 Å². The fraction of sp³-hybridized carbons (Fsp3) is 0.700. The van der Waals surface area contributed by atoms with E-state index in [9.17, 15) is 4.79 Å². The Labute approximate surface area is 98.9 Å². The molecule has 0 radical (unpaired) electrons. The van der Waals surface area contributed by atoms with Crippen molar-refractivity contribution < 1.29 is 14.1 Å². The molecular weight excluding hydrogens is 224 g/mol. The molecule has 1 fully saturated rings. The number of hydrogen-bond acceptors (Lipinski definition) is 6. The largest absolute Gasteiger partial charge is 0.383 e. The Morgan fingerprint density at radius 3 is 3.12 bits per heavy atom. The maximum atomic E-state index is 11.5. The lowest BCUT2D eigenvalue weighted by Gasteiger charge is -1.98. The number of carbonyl (C=O) groups excluding carboxylic acids is 1. The smallest absolute Gasteiger partial charge is 0.292 e. The number of hydrogen-bond donors (Lipinski definition) is 2. The SMILES string of the molecule is COCCNCc1nc(C(=O)NC2CC2)no1. The van der Waals surface area contributed by atoms with Crippen molar-refractivity contribution in [2.24, 2.45) is 0 Å². The third kappa shape index (κ3) is 3.79. The molecule has 1 saturated carbocycles. The molecule has 2 rings (SSSR count). The van der Waals surface area contributed by atoms with Crippen LogP contribution in [0.25, 0.3) is 0 Å². The minimum atomic E-state index is -0.264. The van der Waals surface area contributed by atoms with Crippen LogP contribution >= 0.6 is 0 Å². The molecule has 0 aromatic carbocycles. The van der Waals surface area contributed by atoms with Crippen LogP contribution in [0.1, 0.15) is 29.4 Å². The molecule has 0 aliphatic heterocycles. The predicted molar refractivity (Wildman–Crippen MR) is 58.4 cm³/mol. The van der Waals surface area contributed by atoms with Crippen molar-refractivity contribution in [3.63, 3.8) is 0 Å². The van der Waals surface area contributed by atoms with Crippen LogP contribution < -0.4 is 10.6 Å². The highest BCUT2D eigenvalue weighted by Gasteiger charge is 2.25. The van der Waals surface area contributed by atoms with Gasteiger partial charge in [-0.1, -0.05) is 5.16 Å². The van der Waals surface area contributed by atoms with E-state index in [1.807, 2.05) is 0 Å². The van der Waals surface area contributed by atoms with Gasteiger partial charge in [0.2, 0.25) is 5.89 Å². The molecule has 7 heteroatoms. The topological polar surface area (TPSA) is 89.3 Å². The number of methoxy groups -OCH3 is 1. The van der Waals surface area contributed by atoms with Gasteiger partial charge < -0.3 is 19.9 Å². The first-order valence-electron chi connectivity index (χ1n) is 5.62. The monoisotopic (exact) mass is 240 g/mol. The van der Waals surface area contributed by atoms with E-state index in [-0.39, 0.29) is 11.7 Å². The van der Waals surface area contributed by atoms with Crippen LogP contribution in [0.4, 0.5) is 0 Å². The number of ether oxygens (including phenoxy) is 1. The molecule has 0 spiro atoms. The van der Waals surface area contributed by atoms with Crippen LogP contribution in [-0.4, -0.2) is 42.4 Å². The summed E-state index contributed by atoms with van der Waals surface area (Å²) in [6, 6.07) is 0.296. The van der Waals surface area contributed by atoms with Crippen molar-refractivity contribution in [2.75, 3.05) is 20.3 Å². The lowest BCUT2D eigenvalue weighted by Crippen LogP contribution is -2.26. The van der Waals surface area contributed by atoms with Crippen LogP contribution in [0.2, 0.25) is 0 Å². The summed E-state index contributed by atoms with van der Waals surface area (Å²) in [6.45, 7) is 1.75. The summed E-state index contributed by atoms with van der Waals surface area (Å²) in [6.07, 6.45) is 2.07. The molecule has 17 heavy (non-hydrogen) atoms. The zero-order valence-electron chi connectivity index (χ0n) is 9.73. The quantitative estimate of drug-likeness (QED) is 0.636. The summed E-state index contributed by atoms with van der Waals surface area (Å²) in [5.74, 6) is 0.238. The number of rotatable bonds is 7. The summed E-state index contributed by atoms with van der Waals surface area (Å²) in [5.41, 5.74) is 0. The zero-order valence-corrected chi connectivity index (χ0v) is 9.73. The van der Waals surface area contributed by atoms with E-state index in [4.69, 9.17) is 9.26 Å². The molecule has 1 aliphatic rings. The van der Waals surface area contributed by atoms with Gasteiger partial charge in [-0.05, 0) is 12.8 Å². The molecule has 1 amide bonds. The Morgan fingerprint density at radius 1 is 1.59 bits per heavy atom. The molecule has 0 unspecified atom stereocenters. The minimum absolute atomic E-state index is 0.0976. The van der Waals surface area contributed by atoms with Crippen molar-refractivity contribution in [3.8, 4) is 0 Å². The lowest BCUT2D eigenvalue weighted by molar-refractivity contribution is 0.0937.